The molecule has 1 atom stereocenters. The minimum Gasteiger partial charge on any atom is -0.489 e. The third-order valence-corrected chi connectivity index (χ3v) is 6.40. The molecule has 2 aliphatic rings. The second kappa shape index (κ2) is 12.8. The molecule has 1 aliphatic carbocycles. The first-order valence-electron chi connectivity index (χ1n) is 11.7. The van der Waals surface area contributed by atoms with Crippen LogP contribution in [0.5, 0.6) is 5.75 Å². The summed E-state index contributed by atoms with van der Waals surface area (Å²) in [5, 5.41) is 6.88. The number of aliphatic imine (C=N–C) groups is 1. The van der Waals surface area contributed by atoms with Gasteiger partial charge in [0.1, 0.15) is 12.4 Å². The largest absolute Gasteiger partial charge is 0.489 e. The molecule has 0 radical (unpaired) electrons. The smallest absolute Gasteiger partial charge is 0.225 e. The fourth-order valence-electron chi connectivity index (χ4n) is 4.52. The lowest BCUT2D eigenvalue weighted by Crippen LogP contribution is -2.45. The summed E-state index contributed by atoms with van der Waals surface area (Å²) in [7, 11) is 1.79. The molecule has 1 heterocycles. The summed E-state index contributed by atoms with van der Waals surface area (Å²) in [6, 6.07) is 18.5. The van der Waals surface area contributed by atoms with Crippen LogP contribution in [0.4, 0.5) is 0 Å². The van der Waals surface area contributed by atoms with E-state index in [1.165, 1.54) is 18.4 Å². The molecule has 1 aliphatic heterocycles. The summed E-state index contributed by atoms with van der Waals surface area (Å²) in [6.07, 6.45) is 5.49. The Morgan fingerprint density at radius 1 is 1.03 bits per heavy atom. The molecule has 2 aromatic rings. The SMILES string of the molecule is CN=C(NCc1ccc(COc2ccccc2)cc1)NC1CCN(C(=O)C2CCCC2)C1.I. The van der Waals surface area contributed by atoms with Crippen molar-refractivity contribution in [3.8, 4) is 5.75 Å². The van der Waals surface area contributed by atoms with Gasteiger partial charge in [0, 0.05) is 38.6 Å². The van der Waals surface area contributed by atoms with Gasteiger partial charge in [0.25, 0.3) is 0 Å². The van der Waals surface area contributed by atoms with Crippen LogP contribution in [0.3, 0.4) is 0 Å². The van der Waals surface area contributed by atoms with Gasteiger partial charge in [-0.2, -0.15) is 0 Å². The minimum atomic E-state index is 0. The number of rotatable bonds is 7. The maximum atomic E-state index is 12.7. The molecule has 1 amide bonds. The summed E-state index contributed by atoms with van der Waals surface area (Å²) in [4.78, 5) is 19.1. The summed E-state index contributed by atoms with van der Waals surface area (Å²) in [6.45, 7) is 2.86. The van der Waals surface area contributed by atoms with Gasteiger partial charge in [-0.05, 0) is 42.5 Å². The first-order chi connectivity index (χ1) is 15.7. The van der Waals surface area contributed by atoms with E-state index in [0.717, 1.165) is 49.6 Å². The molecule has 1 unspecified atom stereocenters. The highest BCUT2D eigenvalue weighted by molar-refractivity contribution is 14.0. The highest BCUT2D eigenvalue weighted by Gasteiger charge is 2.32. The molecule has 6 nitrogen and oxygen atoms in total. The lowest BCUT2D eigenvalue weighted by molar-refractivity contribution is -0.134. The van der Waals surface area contributed by atoms with E-state index in [-0.39, 0.29) is 35.9 Å². The Balaban J connectivity index is 0.00000306. The van der Waals surface area contributed by atoms with E-state index in [1.54, 1.807) is 7.05 Å². The van der Waals surface area contributed by atoms with Crippen LogP contribution in [0.15, 0.2) is 59.6 Å². The van der Waals surface area contributed by atoms with Gasteiger partial charge in [0.2, 0.25) is 5.91 Å². The first kappa shape index (κ1) is 25.3. The Labute approximate surface area is 214 Å². The predicted molar refractivity (Wildman–Crippen MR) is 143 cm³/mol. The fourth-order valence-corrected chi connectivity index (χ4v) is 4.52. The Bertz CT molecular complexity index is 898. The van der Waals surface area contributed by atoms with E-state index in [4.69, 9.17) is 4.74 Å². The van der Waals surface area contributed by atoms with Crippen molar-refractivity contribution in [2.45, 2.75) is 51.3 Å². The topological polar surface area (TPSA) is 66.0 Å². The first-order valence-corrected chi connectivity index (χ1v) is 11.7. The predicted octanol–water partition coefficient (Wildman–Crippen LogP) is 4.34. The molecule has 4 rings (SSSR count). The number of nitrogens with one attached hydrogen (secondary N) is 2. The quantitative estimate of drug-likeness (QED) is 0.300. The molecule has 2 fully saturated rings. The number of carbonyl (C=O) groups is 1. The van der Waals surface area contributed by atoms with Gasteiger partial charge >= 0.3 is 0 Å². The fraction of sp³-hybridized carbons (Fsp3) is 0.462. The van der Waals surface area contributed by atoms with Crippen LogP contribution >= 0.6 is 24.0 Å². The van der Waals surface area contributed by atoms with E-state index >= 15 is 0 Å². The molecule has 33 heavy (non-hydrogen) atoms. The average molecular weight is 562 g/mol. The molecular weight excluding hydrogens is 527 g/mol. The third-order valence-electron chi connectivity index (χ3n) is 6.40. The number of halogens is 1. The van der Waals surface area contributed by atoms with Crippen molar-refractivity contribution in [3.05, 3.63) is 65.7 Å². The number of para-hydroxylation sites is 1. The number of likely N-dealkylation sites (tertiary alicyclic amines) is 1. The van der Waals surface area contributed by atoms with Crippen LogP contribution in [0.1, 0.15) is 43.2 Å². The monoisotopic (exact) mass is 562 g/mol. The molecule has 1 saturated carbocycles. The zero-order valence-electron chi connectivity index (χ0n) is 19.3. The van der Waals surface area contributed by atoms with Gasteiger partial charge in [-0.15, -0.1) is 24.0 Å². The number of nitrogens with zero attached hydrogens (tertiary/aromatic N) is 2. The number of carbonyl (C=O) groups excluding carboxylic acids is 1. The molecule has 0 spiro atoms. The van der Waals surface area contributed by atoms with Gasteiger partial charge in [-0.1, -0.05) is 55.3 Å². The van der Waals surface area contributed by atoms with E-state index in [0.29, 0.717) is 19.1 Å². The van der Waals surface area contributed by atoms with Crippen molar-refractivity contribution in [2.75, 3.05) is 20.1 Å². The standard InChI is InChI=1S/C26H34N4O2.HI/c1-27-26(29-23-15-16-30(18-23)25(31)22-7-5-6-8-22)28-17-20-11-13-21(14-12-20)19-32-24-9-3-2-4-10-24;/h2-4,9-14,22-23H,5-8,15-19H2,1H3,(H2,27,28,29);1H. The Kier molecular flexibility index (Phi) is 9.84. The van der Waals surface area contributed by atoms with Crippen LogP contribution < -0.4 is 15.4 Å². The van der Waals surface area contributed by atoms with E-state index in [2.05, 4.69) is 39.9 Å². The lowest BCUT2D eigenvalue weighted by Gasteiger charge is -2.21. The van der Waals surface area contributed by atoms with Gasteiger partial charge < -0.3 is 20.3 Å². The Morgan fingerprint density at radius 3 is 2.42 bits per heavy atom. The number of benzene rings is 2. The van der Waals surface area contributed by atoms with Crippen LogP contribution in [-0.2, 0) is 17.9 Å². The van der Waals surface area contributed by atoms with Gasteiger partial charge in [0.15, 0.2) is 5.96 Å². The van der Waals surface area contributed by atoms with Gasteiger partial charge in [0.05, 0.1) is 0 Å². The molecule has 1 saturated heterocycles. The van der Waals surface area contributed by atoms with E-state index in [1.807, 2.05) is 35.2 Å². The molecule has 2 N–H and O–H groups in total. The van der Waals surface area contributed by atoms with E-state index < -0.39 is 0 Å². The molecular formula is C26H35IN4O2. The summed E-state index contributed by atoms with van der Waals surface area (Å²) in [5.74, 6) is 2.27. The van der Waals surface area contributed by atoms with Crippen LogP contribution in [0.25, 0.3) is 0 Å². The van der Waals surface area contributed by atoms with Crippen LogP contribution in [0.2, 0.25) is 0 Å². The highest BCUT2D eigenvalue weighted by atomic mass is 127. The Morgan fingerprint density at radius 2 is 1.73 bits per heavy atom. The van der Waals surface area contributed by atoms with Gasteiger partial charge in [-0.25, -0.2) is 0 Å². The summed E-state index contributed by atoms with van der Waals surface area (Å²) in [5.41, 5.74) is 2.32. The summed E-state index contributed by atoms with van der Waals surface area (Å²) < 4.78 is 5.81. The maximum absolute atomic E-state index is 12.7. The van der Waals surface area contributed by atoms with Crippen molar-refractivity contribution < 1.29 is 9.53 Å². The second-order valence-corrected chi connectivity index (χ2v) is 8.74. The molecule has 7 heteroatoms. The Hall–Kier alpha value is -2.29. The lowest BCUT2D eigenvalue weighted by atomic mass is 10.1. The minimum absolute atomic E-state index is 0. The highest BCUT2D eigenvalue weighted by Crippen LogP contribution is 2.27. The van der Waals surface area contributed by atoms with Crippen molar-refractivity contribution in [1.29, 1.82) is 0 Å². The third kappa shape index (κ3) is 7.35. The number of guanidine groups is 1. The van der Waals surface area contributed by atoms with Crippen molar-refractivity contribution in [3.63, 3.8) is 0 Å². The number of ether oxygens (including phenoxy) is 1. The number of amides is 1. The molecule has 178 valence electrons. The maximum Gasteiger partial charge on any atom is 0.225 e. The molecule has 0 bridgehead atoms. The second-order valence-electron chi connectivity index (χ2n) is 8.74. The van der Waals surface area contributed by atoms with E-state index in [9.17, 15) is 4.79 Å². The number of hydrogen-bond donors (Lipinski definition) is 2. The number of hydrogen-bond acceptors (Lipinski definition) is 3. The van der Waals surface area contributed by atoms with Crippen molar-refractivity contribution in [1.82, 2.24) is 15.5 Å². The normalized spacial score (nSPS) is 18.6. The molecule has 0 aromatic heterocycles. The average Bonchev–Trinajstić information content (AvgIpc) is 3.54. The van der Waals surface area contributed by atoms with Crippen LogP contribution in [-0.4, -0.2) is 42.9 Å². The zero-order chi connectivity index (χ0) is 22.2. The van der Waals surface area contributed by atoms with Crippen molar-refractivity contribution >= 4 is 35.8 Å². The molecule has 2 aromatic carbocycles. The van der Waals surface area contributed by atoms with Crippen molar-refractivity contribution in [2.24, 2.45) is 10.9 Å². The van der Waals surface area contributed by atoms with Crippen LogP contribution in [0, 0.1) is 5.92 Å². The zero-order valence-corrected chi connectivity index (χ0v) is 21.7. The van der Waals surface area contributed by atoms with Gasteiger partial charge in [-0.3, -0.25) is 9.79 Å². The summed E-state index contributed by atoms with van der Waals surface area (Å²) >= 11 is 0.